The number of carbonyl (C=O) groups excluding carboxylic acids is 2. The van der Waals surface area contributed by atoms with Gasteiger partial charge in [0.25, 0.3) is 0 Å². The summed E-state index contributed by atoms with van der Waals surface area (Å²) in [4.78, 5) is 31.8. The van der Waals surface area contributed by atoms with Crippen molar-refractivity contribution in [3.63, 3.8) is 0 Å². The number of amides is 2. The average molecular weight is 467 g/mol. The maximum Gasteiger partial charge on any atom is 0.244 e. The molecule has 0 aliphatic heterocycles. The topological polar surface area (TPSA) is 88.3 Å². The third-order valence-electron chi connectivity index (χ3n) is 4.15. The molecule has 2 heterocycles. The van der Waals surface area contributed by atoms with Crippen molar-refractivity contribution in [3.05, 3.63) is 51.6 Å². The third kappa shape index (κ3) is 6.04. The zero-order valence-corrected chi connectivity index (χ0v) is 18.6. The van der Waals surface area contributed by atoms with E-state index in [1.165, 1.54) is 16.2 Å². The Morgan fingerprint density at radius 1 is 1.27 bits per heavy atom. The maximum atomic E-state index is 12.7. The van der Waals surface area contributed by atoms with Crippen LogP contribution in [0.1, 0.15) is 25.7 Å². The largest absolute Gasteiger partial charge is 0.339 e. The predicted octanol–water partition coefficient (Wildman–Crippen LogP) is 4.91. The molecular weight excluding hydrogens is 447 g/mol. The Labute approximate surface area is 188 Å². The van der Waals surface area contributed by atoms with Gasteiger partial charge in [0, 0.05) is 24.4 Å². The molecule has 0 spiro atoms. The number of halogens is 2. The van der Waals surface area contributed by atoms with Crippen LogP contribution in [0, 0.1) is 0 Å². The lowest BCUT2D eigenvalue weighted by molar-refractivity contribution is -0.134. The van der Waals surface area contributed by atoms with Crippen LogP contribution in [0.5, 0.6) is 0 Å². The van der Waals surface area contributed by atoms with Gasteiger partial charge in [0.1, 0.15) is 0 Å². The van der Waals surface area contributed by atoms with E-state index in [1.54, 1.807) is 18.2 Å². The molecule has 158 valence electrons. The van der Waals surface area contributed by atoms with Gasteiger partial charge in [-0.05, 0) is 36.1 Å². The number of benzene rings is 1. The van der Waals surface area contributed by atoms with Crippen molar-refractivity contribution in [2.45, 2.75) is 26.2 Å². The number of thiophene rings is 1. The van der Waals surface area contributed by atoms with Gasteiger partial charge in [0.2, 0.25) is 23.5 Å². The first-order valence-corrected chi connectivity index (χ1v) is 11.0. The van der Waals surface area contributed by atoms with Gasteiger partial charge in [-0.3, -0.25) is 9.59 Å². The zero-order valence-electron chi connectivity index (χ0n) is 16.2. The molecule has 3 rings (SSSR count). The first-order valence-electron chi connectivity index (χ1n) is 9.35. The van der Waals surface area contributed by atoms with Gasteiger partial charge >= 0.3 is 0 Å². The molecular formula is C20H20Cl2N4O3S. The van der Waals surface area contributed by atoms with Crippen LogP contribution >= 0.6 is 34.5 Å². The fourth-order valence-electron chi connectivity index (χ4n) is 2.75. The number of carbonyl (C=O) groups is 2. The van der Waals surface area contributed by atoms with Gasteiger partial charge in [0.05, 0.1) is 22.1 Å². The number of aryl methyl sites for hydroxylation is 1. The number of anilines is 1. The van der Waals surface area contributed by atoms with Gasteiger partial charge in [-0.2, -0.15) is 4.98 Å². The molecule has 7 nitrogen and oxygen atoms in total. The quantitative estimate of drug-likeness (QED) is 0.483. The summed E-state index contributed by atoms with van der Waals surface area (Å²) >= 11 is 13.5. The van der Waals surface area contributed by atoms with Gasteiger partial charge in [-0.1, -0.05) is 41.3 Å². The van der Waals surface area contributed by atoms with E-state index in [-0.39, 0.29) is 24.8 Å². The van der Waals surface area contributed by atoms with E-state index in [1.807, 2.05) is 24.4 Å². The highest BCUT2D eigenvalue weighted by atomic mass is 35.5. The second kappa shape index (κ2) is 10.6. The lowest BCUT2D eigenvalue weighted by atomic mass is 10.2. The number of hydrogen-bond donors (Lipinski definition) is 1. The van der Waals surface area contributed by atoms with Gasteiger partial charge in [-0.15, -0.1) is 11.3 Å². The highest BCUT2D eigenvalue weighted by Gasteiger charge is 2.19. The fraction of sp³-hybridized carbons (Fsp3) is 0.300. The van der Waals surface area contributed by atoms with Crippen LogP contribution in [0.2, 0.25) is 10.0 Å². The van der Waals surface area contributed by atoms with E-state index in [9.17, 15) is 9.59 Å². The molecule has 0 bridgehead atoms. The van der Waals surface area contributed by atoms with Crippen molar-refractivity contribution in [1.29, 1.82) is 0 Å². The molecule has 30 heavy (non-hydrogen) atoms. The van der Waals surface area contributed by atoms with Crippen molar-refractivity contribution in [1.82, 2.24) is 15.0 Å². The highest BCUT2D eigenvalue weighted by Crippen LogP contribution is 2.25. The van der Waals surface area contributed by atoms with E-state index < -0.39 is 0 Å². The van der Waals surface area contributed by atoms with Gasteiger partial charge in [-0.25, -0.2) is 0 Å². The Balaban J connectivity index is 1.56. The summed E-state index contributed by atoms with van der Waals surface area (Å²) in [5, 5.41) is 9.40. The smallest absolute Gasteiger partial charge is 0.244 e. The van der Waals surface area contributed by atoms with Crippen molar-refractivity contribution >= 4 is 52.0 Å². The first kappa shape index (κ1) is 22.3. The van der Waals surface area contributed by atoms with Crippen molar-refractivity contribution in [2.75, 3.05) is 18.4 Å². The number of aromatic nitrogens is 2. The molecule has 0 saturated carbocycles. The average Bonchev–Trinajstić information content (AvgIpc) is 3.40. The first-order chi connectivity index (χ1) is 14.5. The molecule has 10 heteroatoms. The minimum absolute atomic E-state index is 0.0835. The second-order valence-corrected chi connectivity index (χ2v) is 8.27. The SMILES string of the molecule is CCCN(CC(=O)Nc1cc(Cl)ccc1Cl)C(=O)CCc1nc(-c2cccs2)no1. The van der Waals surface area contributed by atoms with E-state index in [0.717, 1.165) is 11.3 Å². The zero-order chi connectivity index (χ0) is 21.5. The third-order valence-corrected chi connectivity index (χ3v) is 5.58. The normalized spacial score (nSPS) is 10.8. The highest BCUT2D eigenvalue weighted by molar-refractivity contribution is 7.13. The molecule has 0 atom stereocenters. The van der Waals surface area contributed by atoms with Crippen LogP contribution in [0.25, 0.3) is 10.7 Å². The van der Waals surface area contributed by atoms with E-state index >= 15 is 0 Å². The number of nitrogens with zero attached hydrogens (tertiary/aromatic N) is 3. The summed E-state index contributed by atoms with van der Waals surface area (Å²) in [6.07, 6.45) is 1.19. The van der Waals surface area contributed by atoms with Crippen molar-refractivity contribution in [3.8, 4) is 10.7 Å². The molecule has 3 aromatic rings. The predicted molar refractivity (Wildman–Crippen MR) is 118 cm³/mol. The summed E-state index contributed by atoms with van der Waals surface area (Å²) in [5.41, 5.74) is 0.407. The van der Waals surface area contributed by atoms with E-state index in [2.05, 4.69) is 15.5 Å². The summed E-state index contributed by atoms with van der Waals surface area (Å²) in [6.45, 7) is 2.32. The molecule has 2 aromatic heterocycles. The molecule has 0 radical (unpaired) electrons. The molecule has 0 aliphatic rings. The number of rotatable bonds is 9. The standard InChI is InChI=1S/C20H20Cl2N4O3S/c1-2-9-26(12-17(27)23-15-11-13(21)5-6-14(15)22)19(28)8-7-18-24-20(25-29-18)16-4-3-10-30-16/h3-6,10-11H,2,7-9,12H2,1H3,(H,23,27). The van der Waals surface area contributed by atoms with Crippen LogP contribution < -0.4 is 5.32 Å². The van der Waals surface area contributed by atoms with Crippen molar-refractivity contribution in [2.24, 2.45) is 0 Å². The molecule has 2 amide bonds. The molecule has 0 saturated heterocycles. The van der Waals surface area contributed by atoms with Gasteiger partial charge in [0.15, 0.2) is 0 Å². The van der Waals surface area contributed by atoms with Crippen LogP contribution in [0.3, 0.4) is 0 Å². The van der Waals surface area contributed by atoms with Crippen LogP contribution in [-0.2, 0) is 16.0 Å². The summed E-state index contributed by atoms with van der Waals surface area (Å²) in [6, 6.07) is 8.60. The molecule has 0 unspecified atom stereocenters. The Hall–Kier alpha value is -2.42. The molecule has 0 aliphatic carbocycles. The lowest BCUT2D eigenvalue weighted by Crippen LogP contribution is -2.38. The van der Waals surface area contributed by atoms with Crippen molar-refractivity contribution < 1.29 is 14.1 Å². The lowest BCUT2D eigenvalue weighted by Gasteiger charge is -2.21. The minimum Gasteiger partial charge on any atom is -0.339 e. The maximum absolute atomic E-state index is 12.7. The van der Waals surface area contributed by atoms with E-state index in [0.29, 0.717) is 40.4 Å². The van der Waals surface area contributed by atoms with E-state index in [4.69, 9.17) is 27.7 Å². The Morgan fingerprint density at radius 2 is 2.10 bits per heavy atom. The molecule has 0 fully saturated rings. The van der Waals surface area contributed by atoms with Gasteiger partial charge < -0.3 is 14.7 Å². The number of nitrogens with one attached hydrogen (secondary N) is 1. The number of hydrogen-bond acceptors (Lipinski definition) is 6. The van der Waals surface area contributed by atoms with Crippen LogP contribution in [-0.4, -0.2) is 39.9 Å². The molecule has 1 aromatic carbocycles. The fourth-order valence-corrected chi connectivity index (χ4v) is 3.74. The summed E-state index contributed by atoms with van der Waals surface area (Å²) in [7, 11) is 0. The Morgan fingerprint density at radius 3 is 2.83 bits per heavy atom. The molecule has 1 N–H and O–H groups in total. The monoisotopic (exact) mass is 466 g/mol. The summed E-state index contributed by atoms with van der Waals surface area (Å²) < 4.78 is 5.23. The minimum atomic E-state index is -0.348. The van der Waals surface area contributed by atoms with Crippen LogP contribution in [0.4, 0.5) is 5.69 Å². The van der Waals surface area contributed by atoms with Crippen LogP contribution in [0.15, 0.2) is 40.2 Å². The Kier molecular flexibility index (Phi) is 7.84. The Bertz CT molecular complexity index is 1010. The summed E-state index contributed by atoms with van der Waals surface area (Å²) in [5.74, 6) is 0.382. The second-order valence-electron chi connectivity index (χ2n) is 6.48.